The third-order valence-electron chi connectivity index (χ3n) is 3.82. The molecule has 0 spiro atoms. The molecular weight excluding hydrogens is 316 g/mol. The molecule has 0 bridgehead atoms. The summed E-state index contributed by atoms with van der Waals surface area (Å²) in [4.78, 5) is 16.6. The lowest BCUT2D eigenvalue weighted by Gasteiger charge is -2.12. The number of hydrogen-bond acceptors (Lipinski definition) is 4. The van der Waals surface area contributed by atoms with Gasteiger partial charge >= 0.3 is 0 Å². The van der Waals surface area contributed by atoms with Crippen molar-refractivity contribution in [2.45, 2.75) is 32.6 Å². The Morgan fingerprint density at radius 3 is 2.76 bits per heavy atom. The average molecular weight is 342 g/mol. The molecule has 0 unspecified atom stereocenters. The van der Waals surface area contributed by atoms with Crippen molar-refractivity contribution >= 4 is 5.91 Å². The molecule has 0 aliphatic rings. The first kappa shape index (κ1) is 18.8. The fourth-order valence-corrected chi connectivity index (χ4v) is 2.42. The van der Waals surface area contributed by atoms with E-state index in [1.807, 2.05) is 18.2 Å². The van der Waals surface area contributed by atoms with Crippen LogP contribution in [0, 0.1) is 0 Å². The molecule has 1 N–H and O–H groups in total. The minimum atomic E-state index is -0.128. The van der Waals surface area contributed by atoms with Gasteiger partial charge in [-0.3, -0.25) is 9.78 Å². The number of nitrogens with one attached hydrogen (secondary N) is 1. The first-order chi connectivity index (χ1) is 12.2. The standard InChI is InChI=1S/C20H26N2O3/c1-3-4-7-14-25-19-15-16(9-10-18(19)24-2)20(23)22-13-11-17-8-5-6-12-21-17/h5-6,8-10,12,15H,3-4,7,11,13-14H2,1-2H3,(H,22,23). The number of hydrogen-bond donors (Lipinski definition) is 1. The van der Waals surface area contributed by atoms with E-state index in [1.165, 1.54) is 0 Å². The van der Waals surface area contributed by atoms with Gasteiger partial charge in [0.1, 0.15) is 0 Å². The van der Waals surface area contributed by atoms with Crippen LogP contribution in [0.15, 0.2) is 42.6 Å². The van der Waals surface area contributed by atoms with Crippen LogP contribution in [0.4, 0.5) is 0 Å². The van der Waals surface area contributed by atoms with E-state index in [9.17, 15) is 4.79 Å². The van der Waals surface area contributed by atoms with Crippen molar-refractivity contribution in [3.63, 3.8) is 0 Å². The number of aromatic nitrogens is 1. The van der Waals surface area contributed by atoms with Crippen LogP contribution >= 0.6 is 0 Å². The summed E-state index contributed by atoms with van der Waals surface area (Å²) in [6, 6.07) is 11.0. The smallest absolute Gasteiger partial charge is 0.251 e. The second kappa shape index (κ2) is 10.3. The highest BCUT2D eigenvalue weighted by Gasteiger charge is 2.11. The van der Waals surface area contributed by atoms with Gasteiger partial charge in [-0.1, -0.05) is 25.8 Å². The number of carbonyl (C=O) groups is 1. The van der Waals surface area contributed by atoms with Gasteiger partial charge in [-0.05, 0) is 36.8 Å². The normalized spacial score (nSPS) is 10.3. The molecule has 0 radical (unpaired) electrons. The third kappa shape index (κ3) is 6.10. The van der Waals surface area contributed by atoms with Gasteiger partial charge in [0.25, 0.3) is 5.91 Å². The molecule has 0 atom stereocenters. The number of carbonyl (C=O) groups excluding carboxylic acids is 1. The molecule has 0 saturated heterocycles. The summed E-state index contributed by atoms with van der Waals surface area (Å²) in [7, 11) is 1.60. The summed E-state index contributed by atoms with van der Waals surface area (Å²) in [5.41, 5.74) is 1.52. The Balaban J connectivity index is 1.91. The van der Waals surface area contributed by atoms with Crippen LogP contribution in [0.1, 0.15) is 42.2 Å². The predicted molar refractivity (Wildman–Crippen MR) is 98.3 cm³/mol. The van der Waals surface area contributed by atoms with Crippen LogP contribution in [0.5, 0.6) is 11.5 Å². The van der Waals surface area contributed by atoms with E-state index in [0.717, 1.165) is 25.0 Å². The van der Waals surface area contributed by atoms with E-state index in [4.69, 9.17) is 9.47 Å². The molecule has 0 saturated carbocycles. The molecule has 2 rings (SSSR count). The summed E-state index contributed by atoms with van der Waals surface area (Å²) < 4.78 is 11.1. The number of unbranched alkanes of at least 4 members (excludes halogenated alkanes) is 2. The molecule has 1 amide bonds. The van der Waals surface area contributed by atoms with Crippen molar-refractivity contribution in [1.82, 2.24) is 10.3 Å². The quantitative estimate of drug-likeness (QED) is 0.670. The molecule has 5 nitrogen and oxygen atoms in total. The second-order valence-electron chi connectivity index (χ2n) is 5.75. The van der Waals surface area contributed by atoms with Gasteiger partial charge in [0.2, 0.25) is 0 Å². The molecule has 1 aromatic carbocycles. The van der Waals surface area contributed by atoms with Crippen molar-refractivity contribution in [2.24, 2.45) is 0 Å². The predicted octanol–water partition coefficient (Wildman–Crippen LogP) is 3.63. The molecule has 5 heteroatoms. The highest BCUT2D eigenvalue weighted by molar-refractivity contribution is 5.94. The summed E-state index contributed by atoms with van der Waals surface area (Å²) in [5, 5.41) is 2.91. The Morgan fingerprint density at radius 2 is 2.04 bits per heavy atom. The van der Waals surface area contributed by atoms with E-state index in [1.54, 1.807) is 31.5 Å². The zero-order valence-electron chi connectivity index (χ0n) is 15.0. The van der Waals surface area contributed by atoms with E-state index in [0.29, 0.717) is 36.6 Å². The maximum Gasteiger partial charge on any atom is 0.251 e. The molecule has 0 fully saturated rings. The number of nitrogens with zero attached hydrogens (tertiary/aromatic N) is 1. The molecule has 1 heterocycles. The van der Waals surface area contributed by atoms with Crippen LogP contribution in [-0.4, -0.2) is 31.2 Å². The van der Waals surface area contributed by atoms with Crippen molar-refractivity contribution in [1.29, 1.82) is 0 Å². The fourth-order valence-electron chi connectivity index (χ4n) is 2.42. The minimum Gasteiger partial charge on any atom is -0.493 e. The van der Waals surface area contributed by atoms with E-state index in [2.05, 4.69) is 17.2 Å². The average Bonchev–Trinajstić information content (AvgIpc) is 2.66. The Hall–Kier alpha value is -2.56. The van der Waals surface area contributed by atoms with Gasteiger partial charge in [0.15, 0.2) is 11.5 Å². The van der Waals surface area contributed by atoms with Crippen molar-refractivity contribution in [3.8, 4) is 11.5 Å². The van der Waals surface area contributed by atoms with Gasteiger partial charge in [0.05, 0.1) is 13.7 Å². The first-order valence-corrected chi connectivity index (χ1v) is 8.73. The Bertz CT molecular complexity index is 659. The van der Waals surface area contributed by atoms with Crippen LogP contribution in [0.3, 0.4) is 0 Å². The maximum atomic E-state index is 12.3. The summed E-state index contributed by atoms with van der Waals surface area (Å²) in [5.74, 6) is 1.12. The lowest BCUT2D eigenvalue weighted by molar-refractivity contribution is 0.0953. The van der Waals surface area contributed by atoms with Crippen molar-refractivity contribution < 1.29 is 14.3 Å². The fraction of sp³-hybridized carbons (Fsp3) is 0.400. The molecule has 134 valence electrons. The number of ether oxygens (including phenoxy) is 2. The van der Waals surface area contributed by atoms with E-state index < -0.39 is 0 Å². The number of pyridine rings is 1. The van der Waals surface area contributed by atoms with E-state index >= 15 is 0 Å². The lowest BCUT2D eigenvalue weighted by atomic mass is 10.2. The van der Waals surface area contributed by atoms with Crippen molar-refractivity contribution in [3.05, 3.63) is 53.9 Å². The Morgan fingerprint density at radius 1 is 1.16 bits per heavy atom. The number of rotatable bonds is 10. The number of benzene rings is 1. The summed E-state index contributed by atoms with van der Waals surface area (Å²) in [6.45, 7) is 3.31. The second-order valence-corrected chi connectivity index (χ2v) is 5.75. The highest BCUT2D eigenvalue weighted by Crippen LogP contribution is 2.28. The lowest BCUT2D eigenvalue weighted by Crippen LogP contribution is -2.25. The topological polar surface area (TPSA) is 60.5 Å². The maximum absolute atomic E-state index is 12.3. The molecule has 0 aliphatic heterocycles. The Labute approximate surface area is 149 Å². The first-order valence-electron chi connectivity index (χ1n) is 8.73. The number of methoxy groups -OCH3 is 1. The van der Waals surface area contributed by atoms with E-state index in [-0.39, 0.29) is 5.91 Å². The number of amides is 1. The van der Waals surface area contributed by atoms with Crippen LogP contribution in [-0.2, 0) is 6.42 Å². The SMILES string of the molecule is CCCCCOc1cc(C(=O)NCCc2ccccn2)ccc1OC. The minimum absolute atomic E-state index is 0.128. The van der Waals surface area contributed by atoms with Crippen LogP contribution in [0.25, 0.3) is 0 Å². The highest BCUT2D eigenvalue weighted by atomic mass is 16.5. The Kier molecular flexibility index (Phi) is 7.76. The largest absolute Gasteiger partial charge is 0.493 e. The van der Waals surface area contributed by atoms with Gasteiger partial charge < -0.3 is 14.8 Å². The zero-order chi connectivity index (χ0) is 17.9. The summed E-state index contributed by atoms with van der Waals surface area (Å²) in [6.07, 6.45) is 5.70. The van der Waals surface area contributed by atoms with Crippen molar-refractivity contribution in [2.75, 3.05) is 20.3 Å². The van der Waals surface area contributed by atoms with Gasteiger partial charge in [-0.15, -0.1) is 0 Å². The summed E-state index contributed by atoms with van der Waals surface area (Å²) >= 11 is 0. The molecular formula is C20H26N2O3. The molecule has 2 aromatic rings. The zero-order valence-corrected chi connectivity index (χ0v) is 15.0. The van der Waals surface area contributed by atoms with Gasteiger partial charge in [-0.25, -0.2) is 0 Å². The molecule has 0 aliphatic carbocycles. The third-order valence-corrected chi connectivity index (χ3v) is 3.82. The van der Waals surface area contributed by atoms with Crippen LogP contribution < -0.4 is 14.8 Å². The van der Waals surface area contributed by atoms with Crippen LogP contribution in [0.2, 0.25) is 0 Å². The molecule has 1 aromatic heterocycles. The van der Waals surface area contributed by atoms with Gasteiger partial charge in [-0.2, -0.15) is 0 Å². The molecule has 25 heavy (non-hydrogen) atoms. The van der Waals surface area contributed by atoms with Gasteiger partial charge in [0, 0.05) is 30.4 Å². The monoisotopic (exact) mass is 342 g/mol.